The number of nitrogens with one attached hydrogen (secondary N) is 1. The van der Waals surface area contributed by atoms with Gasteiger partial charge in [0.2, 0.25) is 11.0 Å². The molecule has 1 atom stereocenters. The molecule has 0 unspecified atom stereocenters. The average molecular weight is 398 g/mol. The van der Waals surface area contributed by atoms with Crippen molar-refractivity contribution in [1.82, 2.24) is 10.2 Å². The van der Waals surface area contributed by atoms with E-state index >= 15 is 0 Å². The zero-order valence-corrected chi connectivity index (χ0v) is 17.0. The summed E-state index contributed by atoms with van der Waals surface area (Å²) in [4.78, 5) is 12.7. The molecule has 3 rings (SSSR count). The molecule has 6 nitrogen and oxygen atoms in total. The van der Waals surface area contributed by atoms with Gasteiger partial charge in [-0.15, -0.1) is 10.2 Å². The number of rotatable bonds is 8. The van der Waals surface area contributed by atoms with Crippen LogP contribution in [0.4, 0.5) is 5.13 Å². The van der Waals surface area contributed by atoms with Gasteiger partial charge in [0.1, 0.15) is 5.01 Å². The summed E-state index contributed by atoms with van der Waals surface area (Å²) in [6.45, 7) is 2.00. The fourth-order valence-corrected chi connectivity index (χ4v) is 3.77. The van der Waals surface area contributed by atoms with Crippen molar-refractivity contribution in [3.8, 4) is 11.5 Å². The van der Waals surface area contributed by atoms with E-state index in [9.17, 15) is 4.79 Å². The van der Waals surface area contributed by atoms with Gasteiger partial charge in [0, 0.05) is 6.42 Å². The molecular formula is C21H23N3O3S. The van der Waals surface area contributed by atoms with Crippen LogP contribution in [0, 0.1) is 0 Å². The lowest BCUT2D eigenvalue weighted by Crippen LogP contribution is -2.20. The number of benzene rings is 2. The molecule has 0 aliphatic heterocycles. The molecule has 0 aliphatic rings. The lowest BCUT2D eigenvalue weighted by atomic mass is 9.96. The van der Waals surface area contributed by atoms with Gasteiger partial charge in [-0.1, -0.05) is 54.7 Å². The second-order valence-electron chi connectivity index (χ2n) is 6.23. The summed E-state index contributed by atoms with van der Waals surface area (Å²) in [6.07, 6.45) is 1.32. The van der Waals surface area contributed by atoms with E-state index in [4.69, 9.17) is 9.47 Å². The maximum atomic E-state index is 12.7. The van der Waals surface area contributed by atoms with Gasteiger partial charge in [0.25, 0.3) is 0 Å². The Bertz CT molecular complexity index is 928. The molecule has 0 fully saturated rings. The van der Waals surface area contributed by atoms with E-state index in [1.807, 2.05) is 55.5 Å². The van der Waals surface area contributed by atoms with Crippen molar-refractivity contribution in [1.29, 1.82) is 0 Å². The van der Waals surface area contributed by atoms with E-state index in [0.29, 0.717) is 29.5 Å². The molecule has 1 aromatic heterocycles. The van der Waals surface area contributed by atoms with Crippen LogP contribution in [-0.4, -0.2) is 30.3 Å². The first-order valence-corrected chi connectivity index (χ1v) is 9.85. The molecule has 0 radical (unpaired) electrons. The van der Waals surface area contributed by atoms with Crippen LogP contribution in [0.5, 0.6) is 11.5 Å². The molecule has 0 saturated heterocycles. The van der Waals surface area contributed by atoms with Gasteiger partial charge in [0.05, 0.1) is 20.1 Å². The average Bonchev–Trinajstić information content (AvgIpc) is 3.15. The van der Waals surface area contributed by atoms with Crippen LogP contribution in [0.15, 0.2) is 48.5 Å². The molecule has 0 bridgehead atoms. The maximum absolute atomic E-state index is 12.7. The van der Waals surface area contributed by atoms with Gasteiger partial charge in [-0.2, -0.15) is 0 Å². The third kappa shape index (κ3) is 4.67. The Kier molecular flexibility index (Phi) is 6.60. The fraction of sp³-hybridized carbons (Fsp3) is 0.286. The molecule has 2 aromatic carbocycles. The third-order valence-corrected chi connectivity index (χ3v) is 5.27. The molecule has 0 saturated carbocycles. The maximum Gasteiger partial charge on any atom is 0.233 e. The zero-order chi connectivity index (χ0) is 19.9. The lowest BCUT2D eigenvalue weighted by Gasteiger charge is -2.13. The van der Waals surface area contributed by atoms with E-state index in [0.717, 1.165) is 16.1 Å². The molecule has 0 aliphatic carbocycles. The Morgan fingerprint density at radius 2 is 1.82 bits per heavy atom. The summed E-state index contributed by atoms with van der Waals surface area (Å²) in [5, 5.41) is 12.5. The molecule has 1 amide bonds. The SMILES string of the molecule is CC[C@@H](C(=O)Nc1nnc(Cc2ccc(OC)c(OC)c2)s1)c1ccccc1. The highest BCUT2D eigenvalue weighted by Crippen LogP contribution is 2.29. The number of carbonyl (C=O) groups excluding carboxylic acids is 1. The highest BCUT2D eigenvalue weighted by molar-refractivity contribution is 7.15. The van der Waals surface area contributed by atoms with Gasteiger partial charge in [-0.25, -0.2) is 0 Å². The summed E-state index contributed by atoms with van der Waals surface area (Å²) in [5.74, 6) is 1.08. The normalized spacial score (nSPS) is 11.7. The third-order valence-electron chi connectivity index (χ3n) is 4.43. The second-order valence-corrected chi connectivity index (χ2v) is 7.29. The number of anilines is 1. The minimum atomic E-state index is -0.209. The van der Waals surface area contributed by atoms with Crippen LogP contribution in [0.3, 0.4) is 0 Å². The summed E-state index contributed by atoms with van der Waals surface area (Å²) < 4.78 is 10.6. The number of nitrogens with zero attached hydrogens (tertiary/aromatic N) is 2. The Morgan fingerprint density at radius 3 is 2.50 bits per heavy atom. The first-order valence-electron chi connectivity index (χ1n) is 9.03. The number of hydrogen-bond acceptors (Lipinski definition) is 6. The van der Waals surface area contributed by atoms with Crippen LogP contribution in [0.2, 0.25) is 0 Å². The largest absolute Gasteiger partial charge is 0.493 e. The topological polar surface area (TPSA) is 73.3 Å². The van der Waals surface area contributed by atoms with E-state index in [2.05, 4.69) is 15.5 Å². The van der Waals surface area contributed by atoms with Crippen LogP contribution in [0.25, 0.3) is 0 Å². The molecule has 28 heavy (non-hydrogen) atoms. The predicted molar refractivity (Wildman–Crippen MR) is 110 cm³/mol. The summed E-state index contributed by atoms with van der Waals surface area (Å²) in [7, 11) is 3.22. The first kappa shape index (κ1) is 19.8. The number of hydrogen-bond donors (Lipinski definition) is 1. The fourth-order valence-electron chi connectivity index (χ4n) is 2.99. The van der Waals surface area contributed by atoms with Crippen molar-refractivity contribution in [2.45, 2.75) is 25.7 Å². The Hall–Kier alpha value is -2.93. The lowest BCUT2D eigenvalue weighted by molar-refractivity contribution is -0.117. The van der Waals surface area contributed by atoms with Crippen LogP contribution in [0.1, 0.15) is 35.4 Å². The van der Waals surface area contributed by atoms with Crippen molar-refractivity contribution < 1.29 is 14.3 Å². The number of amides is 1. The van der Waals surface area contributed by atoms with Crippen molar-refractivity contribution in [2.75, 3.05) is 19.5 Å². The Balaban J connectivity index is 1.68. The predicted octanol–water partition coefficient (Wildman–Crippen LogP) is 4.28. The van der Waals surface area contributed by atoms with Crippen molar-refractivity contribution in [3.63, 3.8) is 0 Å². The quantitative estimate of drug-likeness (QED) is 0.614. The van der Waals surface area contributed by atoms with Crippen LogP contribution < -0.4 is 14.8 Å². The van der Waals surface area contributed by atoms with Crippen LogP contribution in [-0.2, 0) is 11.2 Å². The molecule has 1 N–H and O–H groups in total. The molecule has 7 heteroatoms. The highest BCUT2D eigenvalue weighted by atomic mass is 32.1. The summed E-state index contributed by atoms with van der Waals surface area (Å²) in [5.41, 5.74) is 2.03. The number of methoxy groups -OCH3 is 2. The Labute approximate surface area is 168 Å². The smallest absolute Gasteiger partial charge is 0.233 e. The molecule has 0 spiro atoms. The minimum absolute atomic E-state index is 0.0671. The van der Waals surface area contributed by atoms with Gasteiger partial charge < -0.3 is 9.47 Å². The second kappa shape index (κ2) is 9.32. The van der Waals surface area contributed by atoms with E-state index in [1.165, 1.54) is 11.3 Å². The molecule has 3 aromatic rings. The van der Waals surface area contributed by atoms with Gasteiger partial charge >= 0.3 is 0 Å². The monoisotopic (exact) mass is 397 g/mol. The standard InChI is InChI=1S/C21H23N3O3S/c1-4-16(15-8-6-5-7-9-15)20(25)22-21-24-23-19(28-21)13-14-10-11-17(26-2)18(12-14)27-3/h5-12,16H,4,13H2,1-3H3,(H,22,24,25)/t16-/m1/s1. The van der Waals surface area contributed by atoms with Gasteiger partial charge in [-0.05, 0) is 29.7 Å². The van der Waals surface area contributed by atoms with Gasteiger partial charge in [-0.3, -0.25) is 10.1 Å². The summed E-state index contributed by atoms with van der Waals surface area (Å²) in [6, 6.07) is 15.5. The number of ether oxygens (including phenoxy) is 2. The minimum Gasteiger partial charge on any atom is -0.493 e. The van der Waals surface area contributed by atoms with Crippen molar-refractivity contribution >= 4 is 22.4 Å². The van der Waals surface area contributed by atoms with E-state index in [-0.39, 0.29) is 11.8 Å². The van der Waals surface area contributed by atoms with E-state index < -0.39 is 0 Å². The van der Waals surface area contributed by atoms with Crippen molar-refractivity contribution in [3.05, 3.63) is 64.7 Å². The molecule has 1 heterocycles. The number of carbonyl (C=O) groups is 1. The number of aromatic nitrogens is 2. The first-order chi connectivity index (χ1) is 13.6. The van der Waals surface area contributed by atoms with Gasteiger partial charge in [0.15, 0.2) is 11.5 Å². The zero-order valence-electron chi connectivity index (χ0n) is 16.1. The van der Waals surface area contributed by atoms with Crippen LogP contribution >= 0.6 is 11.3 Å². The van der Waals surface area contributed by atoms with E-state index in [1.54, 1.807) is 14.2 Å². The molecule has 146 valence electrons. The Morgan fingerprint density at radius 1 is 1.07 bits per heavy atom. The highest BCUT2D eigenvalue weighted by Gasteiger charge is 2.20. The van der Waals surface area contributed by atoms with Crippen molar-refractivity contribution in [2.24, 2.45) is 0 Å². The molecular weight excluding hydrogens is 374 g/mol. The summed E-state index contributed by atoms with van der Waals surface area (Å²) >= 11 is 1.38.